The highest BCUT2D eigenvalue weighted by Crippen LogP contribution is 2.03. The number of rotatable bonds is 6. The zero-order chi connectivity index (χ0) is 12.7. The molecule has 0 unspecified atom stereocenters. The molecule has 17 heavy (non-hydrogen) atoms. The normalized spacial score (nSPS) is 12.4. The molecule has 0 aliphatic carbocycles. The maximum atomic E-state index is 8.58. The first kappa shape index (κ1) is 13.4. The first-order valence-corrected chi connectivity index (χ1v) is 5.73. The van der Waals surface area contributed by atoms with E-state index in [9.17, 15) is 0 Å². The van der Waals surface area contributed by atoms with E-state index in [0.717, 1.165) is 13.0 Å². The number of hydrogen-bond donors (Lipinski definition) is 2. The van der Waals surface area contributed by atoms with Gasteiger partial charge in [0.05, 0.1) is 6.54 Å². The fourth-order valence-corrected chi connectivity index (χ4v) is 1.58. The van der Waals surface area contributed by atoms with Crippen molar-refractivity contribution >= 4 is 5.84 Å². The van der Waals surface area contributed by atoms with Crippen LogP contribution in [0.4, 0.5) is 0 Å². The average Bonchev–Trinajstić information content (AvgIpc) is 2.35. The van der Waals surface area contributed by atoms with E-state index < -0.39 is 0 Å². The molecule has 5 heteroatoms. The van der Waals surface area contributed by atoms with E-state index >= 15 is 0 Å². The van der Waals surface area contributed by atoms with Crippen LogP contribution in [-0.2, 0) is 6.42 Å². The Kier molecular flexibility index (Phi) is 5.42. The van der Waals surface area contributed by atoms with Crippen molar-refractivity contribution in [3.05, 3.63) is 30.1 Å². The van der Waals surface area contributed by atoms with Gasteiger partial charge >= 0.3 is 0 Å². The van der Waals surface area contributed by atoms with Crippen LogP contribution in [-0.4, -0.2) is 40.1 Å². The van der Waals surface area contributed by atoms with Gasteiger partial charge in [-0.3, -0.25) is 9.88 Å². The number of amidine groups is 1. The van der Waals surface area contributed by atoms with E-state index in [4.69, 9.17) is 10.9 Å². The highest BCUT2D eigenvalue weighted by molar-refractivity contribution is 5.81. The van der Waals surface area contributed by atoms with Gasteiger partial charge in [0.25, 0.3) is 0 Å². The molecule has 0 radical (unpaired) electrons. The van der Waals surface area contributed by atoms with Crippen LogP contribution in [0.15, 0.2) is 29.7 Å². The van der Waals surface area contributed by atoms with Crippen LogP contribution in [0.3, 0.4) is 0 Å². The summed E-state index contributed by atoms with van der Waals surface area (Å²) in [6.45, 7) is 5.55. The largest absolute Gasteiger partial charge is 0.409 e. The van der Waals surface area contributed by atoms with Gasteiger partial charge in [-0.2, -0.15) is 0 Å². The third kappa shape index (κ3) is 4.82. The predicted molar refractivity (Wildman–Crippen MR) is 68.1 cm³/mol. The molecule has 94 valence electrons. The van der Waals surface area contributed by atoms with Gasteiger partial charge in [-0.25, -0.2) is 0 Å². The van der Waals surface area contributed by atoms with Crippen LogP contribution in [0, 0.1) is 0 Å². The molecule has 1 aromatic rings. The van der Waals surface area contributed by atoms with Gasteiger partial charge < -0.3 is 10.9 Å². The van der Waals surface area contributed by atoms with Gasteiger partial charge in [0.1, 0.15) is 0 Å². The standard InChI is InChI=1S/C12H20N4O/c1-10(2)16(9-12(13)15-17)8-5-11-3-6-14-7-4-11/h3-4,6-7,10,17H,5,8-9H2,1-2H3,(H2,13,15). The lowest BCUT2D eigenvalue weighted by molar-refractivity contribution is 0.249. The maximum Gasteiger partial charge on any atom is 0.153 e. The smallest absolute Gasteiger partial charge is 0.153 e. The summed E-state index contributed by atoms with van der Waals surface area (Å²) in [6.07, 6.45) is 4.51. The molecule has 1 heterocycles. The molecule has 1 rings (SSSR count). The van der Waals surface area contributed by atoms with E-state index in [-0.39, 0.29) is 5.84 Å². The van der Waals surface area contributed by atoms with Crippen molar-refractivity contribution in [2.45, 2.75) is 26.3 Å². The van der Waals surface area contributed by atoms with Gasteiger partial charge in [-0.15, -0.1) is 0 Å². The first-order valence-electron chi connectivity index (χ1n) is 5.73. The average molecular weight is 236 g/mol. The van der Waals surface area contributed by atoms with Crippen LogP contribution in [0.1, 0.15) is 19.4 Å². The Morgan fingerprint density at radius 1 is 1.47 bits per heavy atom. The minimum absolute atomic E-state index is 0.244. The lowest BCUT2D eigenvalue weighted by atomic mass is 10.2. The van der Waals surface area contributed by atoms with Crippen LogP contribution in [0.5, 0.6) is 0 Å². The molecule has 0 aromatic carbocycles. The van der Waals surface area contributed by atoms with Crippen LogP contribution < -0.4 is 5.73 Å². The van der Waals surface area contributed by atoms with Crippen molar-refractivity contribution in [2.75, 3.05) is 13.1 Å². The number of oxime groups is 1. The minimum Gasteiger partial charge on any atom is -0.409 e. The molecule has 0 amide bonds. The van der Waals surface area contributed by atoms with Gasteiger partial charge in [0.2, 0.25) is 0 Å². The lowest BCUT2D eigenvalue weighted by Crippen LogP contribution is -2.39. The molecule has 1 aromatic heterocycles. The predicted octanol–water partition coefficient (Wildman–Crippen LogP) is 1.08. The summed E-state index contributed by atoms with van der Waals surface area (Å²) in [4.78, 5) is 6.15. The highest BCUT2D eigenvalue weighted by Gasteiger charge is 2.11. The zero-order valence-electron chi connectivity index (χ0n) is 10.4. The third-order valence-corrected chi connectivity index (χ3v) is 2.66. The van der Waals surface area contributed by atoms with E-state index in [1.54, 1.807) is 12.4 Å². The fourth-order valence-electron chi connectivity index (χ4n) is 1.58. The maximum absolute atomic E-state index is 8.58. The number of aromatic nitrogens is 1. The molecule has 0 fully saturated rings. The monoisotopic (exact) mass is 236 g/mol. The summed E-state index contributed by atoms with van der Waals surface area (Å²) in [5.41, 5.74) is 6.77. The Bertz CT molecular complexity index is 351. The van der Waals surface area contributed by atoms with Crippen molar-refractivity contribution in [1.82, 2.24) is 9.88 Å². The van der Waals surface area contributed by atoms with Crippen LogP contribution in [0.2, 0.25) is 0 Å². The summed E-state index contributed by atoms with van der Waals surface area (Å²) < 4.78 is 0. The van der Waals surface area contributed by atoms with Crippen molar-refractivity contribution < 1.29 is 5.21 Å². The van der Waals surface area contributed by atoms with E-state index in [1.807, 2.05) is 12.1 Å². The van der Waals surface area contributed by atoms with Gasteiger partial charge in [-0.05, 0) is 38.0 Å². The summed E-state index contributed by atoms with van der Waals surface area (Å²) in [5.74, 6) is 0.244. The van der Waals surface area contributed by atoms with Gasteiger partial charge in [0.15, 0.2) is 5.84 Å². The molecule has 0 saturated heterocycles. The van der Waals surface area contributed by atoms with Crippen LogP contribution in [0.25, 0.3) is 0 Å². The second kappa shape index (κ2) is 6.85. The number of hydrogen-bond acceptors (Lipinski definition) is 4. The van der Waals surface area contributed by atoms with Gasteiger partial charge in [-0.1, -0.05) is 5.16 Å². The number of pyridine rings is 1. The van der Waals surface area contributed by atoms with Crippen molar-refractivity contribution in [3.63, 3.8) is 0 Å². The summed E-state index contributed by atoms with van der Waals surface area (Å²) >= 11 is 0. The Balaban J connectivity index is 2.50. The van der Waals surface area contributed by atoms with E-state index in [0.29, 0.717) is 12.6 Å². The molecule has 0 atom stereocenters. The van der Waals surface area contributed by atoms with Crippen molar-refractivity contribution in [3.8, 4) is 0 Å². The summed E-state index contributed by atoms with van der Waals surface area (Å²) in [7, 11) is 0. The molecule has 5 nitrogen and oxygen atoms in total. The van der Waals surface area contributed by atoms with E-state index in [2.05, 4.69) is 28.9 Å². The Labute approximate surface area is 102 Å². The number of nitrogens with zero attached hydrogens (tertiary/aromatic N) is 3. The molecule has 3 N–H and O–H groups in total. The minimum atomic E-state index is 0.244. The Hall–Kier alpha value is -1.62. The second-order valence-electron chi connectivity index (χ2n) is 4.26. The lowest BCUT2D eigenvalue weighted by Gasteiger charge is -2.25. The summed E-state index contributed by atoms with van der Waals surface area (Å²) in [5, 5.41) is 11.6. The molecule has 0 aliphatic rings. The quantitative estimate of drug-likeness (QED) is 0.335. The van der Waals surface area contributed by atoms with Crippen molar-refractivity contribution in [2.24, 2.45) is 10.9 Å². The second-order valence-corrected chi connectivity index (χ2v) is 4.26. The molecule has 0 bridgehead atoms. The topological polar surface area (TPSA) is 74.7 Å². The zero-order valence-corrected chi connectivity index (χ0v) is 10.4. The van der Waals surface area contributed by atoms with E-state index in [1.165, 1.54) is 5.56 Å². The highest BCUT2D eigenvalue weighted by atomic mass is 16.4. The third-order valence-electron chi connectivity index (χ3n) is 2.66. The Morgan fingerprint density at radius 2 is 2.12 bits per heavy atom. The molecule has 0 spiro atoms. The Morgan fingerprint density at radius 3 is 2.65 bits per heavy atom. The molecule has 0 aliphatic heterocycles. The number of nitrogens with two attached hydrogens (primary N) is 1. The van der Waals surface area contributed by atoms with Crippen LogP contribution >= 0.6 is 0 Å². The summed E-state index contributed by atoms with van der Waals surface area (Å²) in [6, 6.07) is 4.36. The van der Waals surface area contributed by atoms with Crippen molar-refractivity contribution in [1.29, 1.82) is 0 Å². The SMILES string of the molecule is CC(C)N(CCc1ccncc1)CC(N)=NO. The molecular formula is C12H20N4O. The fraction of sp³-hybridized carbons (Fsp3) is 0.500. The molecule has 0 saturated carbocycles. The molecular weight excluding hydrogens is 216 g/mol. The van der Waals surface area contributed by atoms with Gasteiger partial charge in [0, 0.05) is 25.0 Å². The first-order chi connectivity index (χ1) is 8.13.